The summed E-state index contributed by atoms with van der Waals surface area (Å²) in [5.41, 5.74) is 0. The lowest BCUT2D eigenvalue weighted by molar-refractivity contribution is -0.193. The molecule has 2 aliphatic rings. The minimum absolute atomic E-state index is 0.00916. The third kappa shape index (κ3) is 6.03. The SMILES string of the molecule is CC[C@H](C)C1C(=O)O[C@H]1C(=O)N[C@H]1C[C@@H]1C[C@H](CC(=O)[C@H](C)CC(C)C)C(=O)O. The third-order valence-electron chi connectivity index (χ3n) is 6.37. The van der Waals surface area contributed by atoms with Crippen molar-refractivity contribution in [3.63, 3.8) is 0 Å². The second kappa shape index (κ2) is 9.72. The van der Waals surface area contributed by atoms with Crippen LogP contribution in [-0.2, 0) is 23.9 Å². The zero-order valence-corrected chi connectivity index (χ0v) is 18.1. The second-order valence-corrected chi connectivity index (χ2v) is 9.35. The van der Waals surface area contributed by atoms with E-state index in [1.54, 1.807) is 0 Å². The summed E-state index contributed by atoms with van der Waals surface area (Å²) in [6.07, 6.45) is 1.91. The molecule has 7 nitrogen and oxygen atoms in total. The number of Topliss-reactive ketones (excluding diaryl/α,β-unsaturated/α-hetero) is 1. The number of hydrogen-bond donors (Lipinski definition) is 2. The number of cyclic esters (lactones) is 1. The average Bonchev–Trinajstić information content (AvgIpc) is 3.34. The fraction of sp³-hybridized carbons (Fsp3) is 0.818. The van der Waals surface area contributed by atoms with Crippen molar-refractivity contribution in [1.29, 1.82) is 0 Å². The van der Waals surface area contributed by atoms with Gasteiger partial charge in [0.25, 0.3) is 5.91 Å². The molecule has 1 aliphatic heterocycles. The predicted octanol–water partition coefficient (Wildman–Crippen LogP) is 2.81. The van der Waals surface area contributed by atoms with Crippen molar-refractivity contribution < 1.29 is 29.0 Å². The Labute approximate surface area is 172 Å². The van der Waals surface area contributed by atoms with Gasteiger partial charge in [-0.3, -0.25) is 19.2 Å². The van der Waals surface area contributed by atoms with Crippen molar-refractivity contribution in [3.8, 4) is 0 Å². The van der Waals surface area contributed by atoms with Gasteiger partial charge < -0.3 is 15.2 Å². The van der Waals surface area contributed by atoms with Crippen LogP contribution in [0.1, 0.15) is 66.7 Å². The third-order valence-corrected chi connectivity index (χ3v) is 6.37. The van der Waals surface area contributed by atoms with Crippen molar-refractivity contribution in [1.82, 2.24) is 5.32 Å². The first-order valence-electron chi connectivity index (χ1n) is 10.8. The molecule has 7 heteroatoms. The summed E-state index contributed by atoms with van der Waals surface area (Å²) in [5, 5.41) is 12.4. The average molecular weight is 410 g/mol. The Morgan fingerprint density at radius 2 is 1.86 bits per heavy atom. The van der Waals surface area contributed by atoms with Crippen LogP contribution in [0.3, 0.4) is 0 Å². The van der Waals surface area contributed by atoms with E-state index in [1.807, 2.05) is 34.6 Å². The van der Waals surface area contributed by atoms with Crippen LogP contribution < -0.4 is 5.32 Å². The summed E-state index contributed by atoms with van der Waals surface area (Å²) in [7, 11) is 0. The number of hydrogen-bond acceptors (Lipinski definition) is 5. The van der Waals surface area contributed by atoms with Crippen molar-refractivity contribution in [3.05, 3.63) is 0 Å². The number of carboxylic acid groups (broad SMARTS) is 1. The summed E-state index contributed by atoms with van der Waals surface area (Å²) < 4.78 is 5.04. The Morgan fingerprint density at radius 3 is 2.38 bits per heavy atom. The van der Waals surface area contributed by atoms with E-state index in [0.29, 0.717) is 18.8 Å². The summed E-state index contributed by atoms with van der Waals surface area (Å²) in [4.78, 5) is 48.1. The number of amides is 1. The molecule has 0 radical (unpaired) electrons. The first-order chi connectivity index (χ1) is 13.5. The number of nitrogens with one attached hydrogen (secondary N) is 1. The Hall–Kier alpha value is -1.92. The first-order valence-corrected chi connectivity index (χ1v) is 10.8. The molecule has 1 heterocycles. The molecule has 1 amide bonds. The molecular formula is C22H35NO6. The Bertz CT molecular complexity index is 645. The van der Waals surface area contributed by atoms with Gasteiger partial charge in [0.1, 0.15) is 11.7 Å². The molecule has 2 fully saturated rings. The second-order valence-electron chi connectivity index (χ2n) is 9.35. The zero-order valence-electron chi connectivity index (χ0n) is 18.1. The monoisotopic (exact) mass is 409 g/mol. The number of aliphatic carboxylic acids is 1. The molecule has 1 saturated carbocycles. The number of ether oxygens (including phenoxy) is 1. The number of esters is 1. The highest BCUT2D eigenvalue weighted by atomic mass is 16.6. The first kappa shape index (κ1) is 23.4. The number of rotatable bonds is 12. The van der Waals surface area contributed by atoms with Gasteiger partial charge in [-0.2, -0.15) is 0 Å². The standard InChI is InChI=1S/C22H35NO6/c1-6-12(4)18-19(29-22(18)28)20(25)23-16-9-14(16)8-15(21(26)27)10-17(24)13(5)7-11(2)3/h11-16,18-19H,6-10H2,1-5H3,(H,23,25)(H,26,27)/t12-,13+,14-,15+,16-,18?,19+/m0/s1. The van der Waals surface area contributed by atoms with Crippen LogP contribution in [0.15, 0.2) is 0 Å². The largest absolute Gasteiger partial charge is 0.481 e. The molecule has 0 aromatic heterocycles. The van der Waals surface area contributed by atoms with E-state index in [1.165, 1.54) is 0 Å². The van der Waals surface area contributed by atoms with Gasteiger partial charge in [-0.25, -0.2) is 0 Å². The Kier molecular flexibility index (Phi) is 7.83. The lowest BCUT2D eigenvalue weighted by atomic mass is 9.83. The van der Waals surface area contributed by atoms with Gasteiger partial charge in [0.2, 0.25) is 0 Å². The molecule has 2 rings (SSSR count). The number of carbonyl (C=O) groups excluding carboxylic acids is 3. The van der Waals surface area contributed by atoms with E-state index < -0.39 is 23.9 Å². The maximum absolute atomic E-state index is 12.4. The lowest BCUT2D eigenvalue weighted by Gasteiger charge is -2.37. The van der Waals surface area contributed by atoms with Crippen molar-refractivity contribution in [2.24, 2.45) is 35.5 Å². The fourth-order valence-electron chi connectivity index (χ4n) is 4.20. The Balaban J connectivity index is 1.82. The summed E-state index contributed by atoms with van der Waals surface area (Å²) in [6.45, 7) is 9.84. The van der Waals surface area contributed by atoms with E-state index in [0.717, 1.165) is 12.8 Å². The molecule has 2 N–H and O–H groups in total. The maximum atomic E-state index is 12.4. The molecule has 0 aromatic carbocycles. The smallest absolute Gasteiger partial charge is 0.314 e. The molecule has 0 aromatic rings. The van der Waals surface area contributed by atoms with Gasteiger partial charge in [-0.05, 0) is 37.0 Å². The van der Waals surface area contributed by atoms with E-state index in [-0.39, 0.29) is 47.9 Å². The predicted molar refractivity (Wildman–Crippen MR) is 107 cm³/mol. The zero-order chi connectivity index (χ0) is 21.9. The topological polar surface area (TPSA) is 110 Å². The molecule has 164 valence electrons. The molecular weight excluding hydrogens is 374 g/mol. The van der Waals surface area contributed by atoms with Gasteiger partial charge in [0.15, 0.2) is 6.10 Å². The minimum Gasteiger partial charge on any atom is -0.481 e. The highest BCUT2D eigenvalue weighted by Crippen LogP contribution is 2.39. The molecule has 1 saturated heterocycles. The van der Waals surface area contributed by atoms with Gasteiger partial charge in [-0.15, -0.1) is 0 Å². The summed E-state index contributed by atoms with van der Waals surface area (Å²) in [6, 6.07) is -0.107. The number of carboxylic acids is 1. The van der Waals surface area contributed by atoms with Crippen molar-refractivity contribution in [2.45, 2.75) is 78.9 Å². The fourth-order valence-corrected chi connectivity index (χ4v) is 4.20. The van der Waals surface area contributed by atoms with Crippen LogP contribution in [0.5, 0.6) is 0 Å². The van der Waals surface area contributed by atoms with Gasteiger partial charge in [0.05, 0.1) is 5.92 Å². The number of ketones is 1. The van der Waals surface area contributed by atoms with E-state index in [4.69, 9.17) is 4.74 Å². The maximum Gasteiger partial charge on any atom is 0.314 e. The quantitative estimate of drug-likeness (QED) is 0.480. The highest BCUT2D eigenvalue weighted by molar-refractivity contribution is 5.94. The van der Waals surface area contributed by atoms with Gasteiger partial charge >= 0.3 is 11.9 Å². The van der Waals surface area contributed by atoms with E-state index >= 15 is 0 Å². The van der Waals surface area contributed by atoms with Gasteiger partial charge in [-0.1, -0.05) is 41.0 Å². The summed E-state index contributed by atoms with van der Waals surface area (Å²) in [5.74, 6) is -2.34. The molecule has 0 bridgehead atoms. The van der Waals surface area contributed by atoms with Gasteiger partial charge in [0, 0.05) is 18.4 Å². The normalized spacial score (nSPS) is 28.7. The summed E-state index contributed by atoms with van der Waals surface area (Å²) >= 11 is 0. The van der Waals surface area contributed by atoms with Crippen LogP contribution in [-0.4, -0.2) is 40.9 Å². The molecule has 7 atom stereocenters. The minimum atomic E-state index is -0.961. The Morgan fingerprint density at radius 1 is 1.21 bits per heavy atom. The van der Waals surface area contributed by atoms with Crippen LogP contribution in [0, 0.1) is 35.5 Å². The van der Waals surface area contributed by atoms with E-state index in [9.17, 15) is 24.3 Å². The van der Waals surface area contributed by atoms with Crippen LogP contribution in [0.4, 0.5) is 0 Å². The van der Waals surface area contributed by atoms with Crippen LogP contribution in [0.2, 0.25) is 0 Å². The van der Waals surface area contributed by atoms with Crippen molar-refractivity contribution >= 4 is 23.6 Å². The molecule has 0 spiro atoms. The molecule has 29 heavy (non-hydrogen) atoms. The lowest BCUT2D eigenvalue weighted by Crippen LogP contribution is -2.56. The molecule has 1 aliphatic carbocycles. The van der Waals surface area contributed by atoms with Crippen LogP contribution in [0.25, 0.3) is 0 Å². The van der Waals surface area contributed by atoms with E-state index in [2.05, 4.69) is 5.32 Å². The molecule has 1 unspecified atom stereocenters. The number of carbonyl (C=O) groups is 4. The van der Waals surface area contributed by atoms with Crippen LogP contribution >= 0.6 is 0 Å². The van der Waals surface area contributed by atoms with Crippen molar-refractivity contribution in [2.75, 3.05) is 0 Å². The highest BCUT2D eigenvalue weighted by Gasteiger charge is 2.51.